The van der Waals surface area contributed by atoms with Crippen LogP contribution in [0.5, 0.6) is 0 Å². The van der Waals surface area contributed by atoms with Crippen molar-refractivity contribution in [1.82, 2.24) is 0 Å². The predicted octanol–water partition coefficient (Wildman–Crippen LogP) is 0.193. The predicted molar refractivity (Wildman–Crippen MR) is 42.3 cm³/mol. The summed E-state index contributed by atoms with van der Waals surface area (Å²) in [7, 11) is 0. The van der Waals surface area contributed by atoms with Crippen LogP contribution in [0.3, 0.4) is 0 Å². The van der Waals surface area contributed by atoms with Crippen molar-refractivity contribution in [3.8, 4) is 0 Å². The Balaban J connectivity index is 0. The molecule has 0 aromatic carbocycles. The number of rotatable bonds is 1. The van der Waals surface area contributed by atoms with Crippen molar-refractivity contribution < 1.29 is 29.7 Å². The van der Waals surface area contributed by atoms with Gasteiger partial charge in [0.1, 0.15) is 0 Å². The van der Waals surface area contributed by atoms with E-state index < -0.39 is 17.9 Å². The van der Waals surface area contributed by atoms with Crippen molar-refractivity contribution in [3.63, 3.8) is 0 Å². The van der Waals surface area contributed by atoms with E-state index in [0.717, 1.165) is 0 Å². The molecule has 0 radical (unpaired) electrons. The molecule has 6 nitrogen and oxygen atoms in total. The second kappa shape index (κ2) is 6.84. The summed E-state index contributed by atoms with van der Waals surface area (Å²) in [6.45, 7) is 3.26. The highest BCUT2D eigenvalue weighted by Crippen LogP contribution is 1.87. The molecule has 0 aromatic heterocycles. The highest BCUT2D eigenvalue weighted by Gasteiger charge is 2.04. The topological polar surface area (TPSA) is 112 Å². The molecule has 74 valence electrons. The van der Waals surface area contributed by atoms with Crippen LogP contribution in [-0.2, 0) is 14.4 Å². The lowest BCUT2D eigenvalue weighted by Gasteiger charge is -1.84. The normalized spacial score (nSPS) is 9.54. The maximum atomic E-state index is 9.86. The minimum absolute atomic E-state index is 0.389. The van der Waals surface area contributed by atoms with E-state index in [-0.39, 0.29) is 0 Å². The molecule has 3 N–H and O–H groups in total. The number of aliphatic carboxylic acids is 3. The molecule has 0 heterocycles. The van der Waals surface area contributed by atoms with E-state index in [9.17, 15) is 4.79 Å². The first-order valence-corrected chi connectivity index (χ1v) is 3.15. The average Bonchev–Trinajstić information content (AvgIpc) is 2.03. The molecule has 0 aliphatic carbocycles. The van der Waals surface area contributed by atoms with E-state index in [1.165, 1.54) is 0 Å². The van der Waals surface area contributed by atoms with Crippen LogP contribution < -0.4 is 0 Å². The smallest absolute Gasteiger partial charge is 0.414 e. The largest absolute Gasteiger partial charge is 0.478 e. The molecule has 0 bridgehead atoms. The second-order valence-electron chi connectivity index (χ2n) is 1.89. The second-order valence-corrected chi connectivity index (χ2v) is 1.89. The Bertz CT molecular complexity index is 227. The lowest BCUT2D eigenvalue weighted by atomic mass is 10.3. The first kappa shape index (κ1) is 13.7. The molecule has 0 aliphatic heterocycles. The zero-order valence-electron chi connectivity index (χ0n) is 7.14. The maximum Gasteiger partial charge on any atom is 0.414 e. The van der Waals surface area contributed by atoms with E-state index in [1.54, 1.807) is 19.9 Å². The van der Waals surface area contributed by atoms with Crippen LogP contribution in [0.2, 0.25) is 0 Å². The molecular weight excluding hydrogens is 180 g/mol. The quantitative estimate of drug-likeness (QED) is 0.402. The van der Waals surface area contributed by atoms with Crippen molar-refractivity contribution in [2.45, 2.75) is 13.8 Å². The first-order valence-electron chi connectivity index (χ1n) is 3.15. The SMILES string of the molecule is CC=C(C)C(=O)O.O=C(O)C(=O)O. The minimum atomic E-state index is -1.82. The third kappa shape index (κ3) is 10.2. The van der Waals surface area contributed by atoms with Gasteiger partial charge in [0, 0.05) is 5.57 Å². The summed E-state index contributed by atoms with van der Waals surface area (Å²) >= 11 is 0. The summed E-state index contributed by atoms with van der Waals surface area (Å²) in [5.41, 5.74) is 0.389. The molecule has 0 rings (SSSR count). The van der Waals surface area contributed by atoms with Gasteiger partial charge in [-0.25, -0.2) is 14.4 Å². The molecule has 6 heteroatoms. The van der Waals surface area contributed by atoms with E-state index in [0.29, 0.717) is 5.57 Å². The summed E-state index contributed by atoms with van der Waals surface area (Å²) in [6, 6.07) is 0. The summed E-state index contributed by atoms with van der Waals surface area (Å²) in [5, 5.41) is 22.9. The summed E-state index contributed by atoms with van der Waals surface area (Å²) < 4.78 is 0. The zero-order valence-corrected chi connectivity index (χ0v) is 7.14. The molecule has 0 aliphatic rings. The van der Waals surface area contributed by atoms with Crippen LogP contribution >= 0.6 is 0 Å². The Kier molecular flexibility index (Phi) is 7.21. The van der Waals surface area contributed by atoms with Crippen molar-refractivity contribution >= 4 is 17.9 Å². The van der Waals surface area contributed by atoms with Crippen LogP contribution in [0.25, 0.3) is 0 Å². The number of carboxylic acids is 3. The van der Waals surface area contributed by atoms with Crippen molar-refractivity contribution in [2.75, 3.05) is 0 Å². The fourth-order valence-corrected chi connectivity index (χ4v) is 0.123. The monoisotopic (exact) mass is 190 g/mol. The number of carboxylic acid groups (broad SMARTS) is 3. The fourth-order valence-electron chi connectivity index (χ4n) is 0.123. The van der Waals surface area contributed by atoms with Crippen molar-refractivity contribution in [2.24, 2.45) is 0 Å². The minimum Gasteiger partial charge on any atom is -0.478 e. The highest BCUT2D eigenvalue weighted by atomic mass is 16.4. The van der Waals surface area contributed by atoms with E-state index >= 15 is 0 Å². The van der Waals surface area contributed by atoms with Gasteiger partial charge < -0.3 is 15.3 Å². The Morgan fingerprint density at radius 3 is 1.23 bits per heavy atom. The van der Waals surface area contributed by atoms with Crippen LogP contribution in [0.4, 0.5) is 0 Å². The Hall–Kier alpha value is -1.85. The van der Waals surface area contributed by atoms with Gasteiger partial charge in [0.05, 0.1) is 0 Å². The molecular formula is C7H10O6. The van der Waals surface area contributed by atoms with Gasteiger partial charge in [-0.2, -0.15) is 0 Å². The molecule has 0 saturated heterocycles. The summed E-state index contributed by atoms with van der Waals surface area (Å²) in [6.07, 6.45) is 1.56. The van der Waals surface area contributed by atoms with Crippen LogP contribution in [-0.4, -0.2) is 33.2 Å². The number of carbonyl (C=O) groups is 3. The summed E-state index contributed by atoms with van der Waals surface area (Å²) in [5.74, 6) is -4.49. The first-order chi connectivity index (χ1) is 5.82. The van der Waals surface area contributed by atoms with Gasteiger partial charge in [0.2, 0.25) is 0 Å². The number of allylic oxidation sites excluding steroid dienone is 1. The number of hydrogen-bond donors (Lipinski definition) is 3. The Morgan fingerprint density at radius 2 is 1.23 bits per heavy atom. The lowest BCUT2D eigenvalue weighted by Crippen LogP contribution is -2.09. The van der Waals surface area contributed by atoms with Crippen LogP contribution in [0.1, 0.15) is 13.8 Å². The standard InChI is InChI=1S/C5H8O2.C2H2O4/c1-3-4(2)5(6)7;3-1(4)2(5)6/h3H,1-2H3,(H,6,7);(H,3,4)(H,5,6). The van der Waals surface area contributed by atoms with Gasteiger partial charge in [-0.1, -0.05) is 6.08 Å². The van der Waals surface area contributed by atoms with E-state index in [1.807, 2.05) is 0 Å². The summed E-state index contributed by atoms with van der Waals surface area (Å²) in [4.78, 5) is 28.1. The van der Waals surface area contributed by atoms with Gasteiger partial charge in [-0.3, -0.25) is 0 Å². The molecule has 0 aromatic rings. The Morgan fingerprint density at radius 1 is 0.923 bits per heavy atom. The third-order valence-electron chi connectivity index (χ3n) is 0.953. The van der Waals surface area contributed by atoms with Crippen LogP contribution in [0, 0.1) is 0 Å². The number of hydrogen-bond acceptors (Lipinski definition) is 3. The fraction of sp³-hybridized carbons (Fsp3) is 0.286. The average molecular weight is 190 g/mol. The van der Waals surface area contributed by atoms with Gasteiger partial charge in [0.15, 0.2) is 0 Å². The Labute approximate surface area is 74.1 Å². The van der Waals surface area contributed by atoms with E-state index in [4.69, 9.17) is 24.9 Å². The molecule has 0 fully saturated rings. The maximum absolute atomic E-state index is 9.86. The highest BCUT2D eigenvalue weighted by molar-refractivity contribution is 6.27. The molecule has 0 saturated carbocycles. The van der Waals surface area contributed by atoms with Gasteiger partial charge in [0.25, 0.3) is 0 Å². The van der Waals surface area contributed by atoms with Crippen molar-refractivity contribution in [1.29, 1.82) is 0 Å². The van der Waals surface area contributed by atoms with Crippen molar-refractivity contribution in [3.05, 3.63) is 11.6 Å². The molecule has 13 heavy (non-hydrogen) atoms. The molecule has 0 atom stereocenters. The molecule has 0 unspecified atom stereocenters. The molecule has 0 spiro atoms. The third-order valence-corrected chi connectivity index (χ3v) is 0.953. The van der Waals surface area contributed by atoms with E-state index in [2.05, 4.69) is 0 Å². The van der Waals surface area contributed by atoms with Gasteiger partial charge in [-0.05, 0) is 13.8 Å². The van der Waals surface area contributed by atoms with Gasteiger partial charge in [-0.15, -0.1) is 0 Å². The van der Waals surface area contributed by atoms with Gasteiger partial charge >= 0.3 is 17.9 Å². The molecule has 0 amide bonds. The van der Waals surface area contributed by atoms with Crippen LogP contribution in [0.15, 0.2) is 11.6 Å². The lowest BCUT2D eigenvalue weighted by molar-refractivity contribution is -0.159. The zero-order chi connectivity index (χ0) is 11.0.